The Balaban J connectivity index is 1.91. The first-order valence-electron chi connectivity index (χ1n) is 6.14. The van der Waals surface area contributed by atoms with Gasteiger partial charge in [-0.3, -0.25) is 9.59 Å². The second kappa shape index (κ2) is 6.99. The van der Waals surface area contributed by atoms with Gasteiger partial charge in [-0.1, -0.05) is 18.2 Å². The number of benzene rings is 2. The van der Waals surface area contributed by atoms with E-state index >= 15 is 0 Å². The van der Waals surface area contributed by atoms with Crippen LogP contribution in [0.1, 0.15) is 6.42 Å². The van der Waals surface area contributed by atoms with Crippen LogP contribution in [0.4, 0.5) is 15.8 Å². The average Bonchev–Trinajstić information content (AvgIpc) is 2.41. The van der Waals surface area contributed by atoms with Gasteiger partial charge in [-0.05, 0) is 46.3 Å². The van der Waals surface area contributed by atoms with Gasteiger partial charge in [-0.2, -0.15) is 0 Å². The lowest BCUT2D eigenvalue weighted by Gasteiger charge is -2.08. The summed E-state index contributed by atoms with van der Waals surface area (Å²) in [4.78, 5) is 23.5. The van der Waals surface area contributed by atoms with Gasteiger partial charge in [0.25, 0.3) is 0 Å². The Morgan fingerprint density at radius 1 is 1.00 bits per heavy atom. The van der Waals surface area contributed by atoms with Crippen molar-refractivity contribution in [3.63, 3.8) is 0 Å². The summed E-state index contributed by atoms with van der Waals surface area (Å²) < 4.78 is 13.7. The van der Waals surface area contributed by atoms with Crippen molar-refractivity contribution in [2.24, 2.45) is 0 Å². The Labute approximate surface area is 129 Å². The van der Waals surface area contributed by atoms with E-state index in [-0.39, 0.29) is 6.42 Å². The molecule has 2 amide bonds. The predicted octanol–water partition coefficient (Wildman–Crippen LogP) is 3.56. The maximum absolute atomic E-state index is 13.0. The van der Waals surface area contributed by atoms with Gasteiger partial charge in [0.2, 0.25) is 11.8 Å². The molecule has 0 saturated carbocycles. The summed E-state index contributed by atoms with van der Waals surface area (Å²) in [5.41, 5.74) is 0.898. The van der Waals surface area contributed by atoms with E-state index < -0.39 is 17.6 Å². The molecule has 108 valence electrons. The lowest BCUT2D eigenvalue weighted by atomic mass is 10.2. The number of hydrogen-bond acceptors (Lipinski definition) is 2. The molecule has 6 heteroatoms. The van der Waals surface area contributed by atoms with Crippen LogP contribution in [-0.4, -0.2) is 11.8 Å². The molecule has 0 aromatic heterocycles. The van der Waals surface area contributed by atoms with Crippen molar-refractivity contribution in [1.29, 1.82) is 0 Å². The Hall–Kier alpha value is -2.21. The average molecular weight is 351 g/mol. The molecule has 0 spiro atoms. The summed E-state index contributed by atoms with van der Waals surface area (Å²) >= 11 is 3.30. The predicted molar refractivity (Wildman–Crippen MR) is 82.4 cm³/mol. The highest BCUT2D eigenvalue weighted by Gasteiger charge is 2.11. The molecular formula is C15H12BrFN2O2. The minimum Gasteiger partial charge on any atom is -0.326 e. The molecular weight excluding hydrogens is 339 g/mol. The van der Waals surface area contributed by atoms with E-state index in [0.717, 1.165) is 4.47 Å². The summed E-state index contributed by atoms with van der Waals surface area (Å²) in [6.45, 7) is 0. The number of nitrogens with one attached hydrogen (secondary N) is 2. The lowest BCUT2D eigenvalue weighted by Crippen LogP contribution is -2.21. The van der Waals surface area contributed by atoms with Crippen LogP contribution in [0.15, 0.2) is 53.0 Å². The van der Waals surface area contributed by atoms with Gasteiger partial charge in [-0.15, -0.1) is 0 Å². The van der Waals surface area contributed by atoms with Crippen molar-refractivity contribution in [1.82, 2.24) is 0 Å². The summed E-state index contributed by atoms with van der Waals surface area (Å²) in [5, 5.41) is 5.08. The molecule has 0 unspecified atom stereocenters. The van der Waals surface area contributed by atoms with Gasteiger partial charge in [0.15, 0.2) is 0 Å². The number of halogens is 2. The van der Waals surface area contributed by atoms with Gasteiger partial charge in [0.05, 0.1) is 5.69 Å². The molecule has 2 aromatic rings. The molecule has 2 aromatic carbocycles. The molecule has 0 atom stereocenters. The number of rotatable bonds is 4. The molecule has 21 heavy (non-hydrogen) atoms. The van der Waals surface area contributed by atoms with Crippen LogP contribution in [0, 0.1) is 5.82 Å². The Bertz CT molecular complexity index is 676. The zero-order chi connectivity index (χ0) is 15.2. The molecule has 0 aliphatic heterocycles. The van der Waals surface area contributed by atoms with Gasteiger partial charge in [0.1, 0.15) is 12.2 Å². The Morgan fingerprint density at radius 2 is 1.71 bits per heavy atom. The monoisotopic (exact) mass is 350 g/mol. The lowest BCUT2D eigenvalue weighted by molar-refractivity contribution is -0.123. The molecule has 0 aliphatic rings. The molecule has 0 heterocycles. The second-order valence-electron chi connectivity index (χ2n) is 4.26. The van der Waals surface area contributed by atoms with Gasteiger partial charge in [-0.25, -0.2) is 4.39 Å². The molecule has 4 nitrogen and oxygen atoms in total. The standard InChI is InChI=1S/C15H12BrFN2O2/c16-12-6-1-2-7-13(12)19-15(21)9-14(20)18-11-5-3-4-10(17)8-11/h1-8H,9H2,(H,18,20)(H,19,21). The van der Waals surface area contributed by atoms with Crippen molar-refractivity contribution in [2.45, 2.75) is 6.42 Å². The number of anilines is 2. The third-order valence-corrected chi connectivity index (χ3v) is 3.27. The topological polar surface area (TPSA) is 58.2 Å². The Morgan fingerprint density at radius 3 is 2.43 bits per heavy atom. The van der Waals surface area contributed by atoms with E-state index in [9.17, 15) is 14.0 Å². The first-order valence-corrected chi connectivity index (χ1v) is 6.94. The van der Waals surface area contributed by atoms with Crippen LogP contribution in [-0.2, 0) is 9.59 Å². The normalized spacial score (nSPS) is 10.0. The molecule has 0 radical (unpaired) electrons. The van der Waals surface area contributed by atoms with E-state index in [2.05, 4.69) is 26.6 Å². The highest BCUT2D eigenvalue weighted by atomic mass is 79.9. The Kier molecular flexibility index (Phi) is 5.05. The largest absolute Gasteiger partial charge is 0.326 e. The van der Waals surface area contributed by atoms with Crippen LogP contribution >= 0.6 is 15.9 Å². The SMILES string of the molecule is O=C(CC(=O)Nc1ccccc1Br)Nc1cccc(F)c1. The number of para-hydroxylation sites is 1. The second-order valence-corrected chi connectivity index (χ2v) is 5.12. The van der Waals surface area contributed by atoms with Crippen LogP contribution in [0.5, 0.6) is 0 Å². The maximum Gasteiger partial charge on any atom is 0.233 e. The van der Waals surface area contributed by atoms with Gasteiger partial charge in [0, 0.05) is 10.2 Å². The van der Waals surface area contributed by atoms with Crippen molar-refractivity contribution in [3.05, 3.63) is 58.8 Å². The van der Waals surface area contributed by atoms with Crippen molar-refractivity contribution < 1.29 is 14.0 Å². The summed E-state index contributed by atoms with van der Waals surface area (Å²) in [6, 6.07) is 12.6. The fraction of sp³-hybridized carbons (Fsp3) is 0.0667. The number of carbonyl (C=O) groups is 2. The van der Waals surface area contributed by atoms with Crippen LogP contribution in [0.2, 0.25) is 0 Å². The van der Waals surface area contributed by atoms with E-state index in [1.165, 1.54) is 18.2 Å². The van der Waals surface area contributed by atoms with Crippen LogP contribution < -0.4 is 10.6 Å². The van der Waals surface area contributed by atoms with Crippen LogP contribution in [0.25, 0.3) is 0 Å². The molecule has 0 fully saturated rings. The molecule has 0 aliphatic carbocycles. The molecule has 2 N–H and O–H groups in total. The van der Waals surface area contributed by atoms with E-state index in [0.29, 0.717) is 11.4 Å². The van der Waals surface area contributed by atoms with Gasteiger partial charge < -0.3 is 10.6 Å². The molecule has 2 rings (SSSR count). The minimum atomic E-state index is -0.509. The zero-order valence-corrected chi connectivity index (χ0v) is 12.5. The van der Waals surface area contributed by atoms with Crippen molar-refractivity contribution in [3.8, 4) is 0 Å². The van der Waals surface area contributed by atoms with Crippen molar-refractivity contribution >= 4 is 39.1 Å². The van der Waals surface area contributed by atoms with Crippen LogP contribution in [0.3, 0.4) is 0 Å². The highest BCUT2D eigenvalue weighted by Crippen LogP contribution is 2.21. The van der Waals surface area contributed by atoms with E-state index in [1.807, 2.05) is 6.07 Å². The van der Waals surface area contributed by atoms with E-state index in [1.54, 1.807) is 24.3 Å². The smallest absolute Gasteiger partial charge is 0.233 e. The first-order chi connectivity index (χ1) is 10.0. The number of amides is 2. The van der Waals surface area contributed by atoms with Gasteiger partial charge >= 0.3 is 0 Å². The molecule has 0 bridgehead atoms. The fourth-order valence-corrected chi connectivity index (χ4v) is 2.06. The summed E-state index contributed by atoms with van der Waals surface area (Å²) in [5.74, 6) is -1.41. The summed E-state index contributed by atoms with van der Waals surface area (Å²) in [7, 11) is 0. The first kappa shape index (κ1) is 15.2. The number of carbonyl (C=O) groups excluding carboxylic acids is 2. The molecule has 0 saturated heterocycles. The maximum atomic E-state index is 13.0. The van der Waals surface area contributed by atoms with Crippen molar-refractivity contribution in [2.75, 3.05) is 10.6 Å². The quantitative estimate of drug-likeness (QED) is 0.828. The zero-order valence-electron chi connectivity index (χ0n) is 10.9. The minimum absolute atomic E-state index is 0.314. The number of hydrogen-bond donors (Lipinski definition) is 2. The summed E-state index contributed by atoms with van der Waals surface area (Å²) in [6.07, 6.45) is -0.349. The van der Waals surface area contributed by atoms with E-state index in [4.69, 9.17) is 0 Å². The highest BCUT2D eigenvalue weighted by molar-refractivity contribution is 9.10. The third-order valence-electron chi connectivity index (χ3n) is 2.58. The third kappa shape index (κ3) is 4.68. The fourth-order valence-electron chi connectivity index (χ4n) is 1.67.